The van der Waals surface area contributed by atoms with Crippen LogP contribution < -0.4 is 0 Å². The zero-order valence-electron chi connectivity index (χ0n) is 5.66. The molecule has 1 heterocycles. The molecule has 0 aliphatic rings. The standard InChI is InChI=1S/C8H5BrN2/c9-7-3-4-8(11-6-7)2-1-5-10/h1-4,6H. The average Bonchev–Trinajstić information content (AvgIpc) is 2.04. The number of aromatic nitrogens is 1. The molecule has 3 heteroatoms. The maximum absolute atomic E-state index is 8.21. The van der Waals surface area contributed by atoms with E-state index in [0.717, 1.165) is 10.2 Å². The smallest absolute Gasteiger partial charge is 0.0912 e. The number of halogens is 1. The molecular weight excluding hydrogens is 204 g/mol. The highest BCUT2D eigenvalue weighted by Crippen LogP contribution is 2.07. The third-order valence-electron chi connectivity index (χ3n) is 1.08. The van der Waals surface area contributed by atoms with Crippen molar-refractivity contribution in [3.63, 3.8) is 0 Å². The van der Waals surface area contributed by atoms with Gasteiger partial charge in [0.2, 0.25) is 0 Å². The van der Waals surface area contributed by atoms with E-state index in [4.69, 9.17) is 5.26 Å². The van der Waals surface area contributed by atoms with Gasteiger partial charge in [-0.1, -0.05) is 0 Å². The lowest BCUT2D eigenvalue weighted by atomic mass is 10.3. The summed E-state index contributed by atoms with van der Waals surface area (Å²) in [4.78, 5) is 4.03. The Morgan fingerprint density at radius 1 is 1.55 bits per heavy atom. The monoisotopic (exact) mass is 208 g/mol. The van der Waals surface area contributed by atoms with Gasteiger partial charge in [0.05, 0.1) is 11.8 Å². The molecule has 0 saturated carbocycles. The van der Waals surface area contributed by atoms with Crippen LogP contribution in [-0.2, 0) is 0 Å². The quantitative estimate of drug-likeness (QED) is 0.665. The third-order valence-corrected chi connectivity index (χ3v) is 1.55. The number of allylic oxidation sites excluding steroid dienone is 1. The summed E-state index contributed by atoms with van der Waals surface area (Å²) in [6, 6.07) is 5.61. The van der Waals surface area contributed by atoms with Crippen LogP contribution in [0, 0.1) is 11.3 Å². The number of hydrogen-bond donors (Lipinski definition) is 0. The topological polar surface area (TPSA) is 36.7 Å². The van der Waals surface area contributed by atoms with E-state index in [0.29, 0.717) is 0 Å². The van der Waals surface area contributed by atoms with Crippen molar-refractivity contribution in [1.82, 2.24) is 4.98 Å². The van der Waals surface area contributed by atoms with E-state index in [1.807, 2.05) is 18.2 Å². The summed E-state index contributed by atoms with van der Waals surface area (Å²) in [5.74, 6) is 0. The molecule has 1 aromatic heterocycles. The minimum Gasteiger partial charge on any atom is -0.256 e. The second-order valence-electron chi connectivity index (χ2n) is 1.86. The fourth-order valence-electron chi connectivity index (χ4n) is 0.608. The first-order valence-corrected chi connectivity index (χ1v) is 3.80. The largest absolute Gasteiger partial charge is 0.256 e. The molecule has 0 unspecified atom stereocenters. The van der Waals surface area contributed by atoms with Gasteiger partial charge in [0, 0.05) is 16.7 Å². The molecule has 0 atom stereocenters. The first kappa shape index (κ1) is 7.96. The molecule has 2 nitrogen and oxygen atoms in total. The summed E-state index contributed by atoms with van der Waals surface area (Å²) < 4.78 is 0.937. The lowest BCUT2D eigenvalue weighted by molar-refractivity contribution is 1.28. The molecule has 0 aliphatic carbocycles. The van der Waals surface area contributed by atoms with Gasteiger partial charge in [-0.3, -0.25) is 4.98 Å². The van der Waals surface area contributed by atoms with E-state index < -0.39 is 0 Å². The van der Waals surface area contributed by atoms with Crippen LogP contribution in [0.1, 0.15) is 5.69 Å². The highest BCUT2D eigenvalue weighted by Gasteiger charge is 1.86. The van der Waals surface area contributed by atoms with E-state index >= 15 is 0 Å². The Kier molecular flexibility index (Phi) is 2.82. The third kappa shape index (κ3) is 2.52. The van der Waals surface area contributed by atoms with Crippen LogP contribution in [0.15, 0.2) is 28.9 Å². The minimum absolute atomic E-state index is 0.787. The van der Waals surface area contributed by atoms with E-state index in [2.05, 4.69) is 20.9 Å². The van der Waals surface area contributed by atoms with Gasteiger partial charge >= 0.3 is 0 Å². The summed E-state index contributed by atoms with van der Waals surface area (Å²) in [6.07, 6.45) is 4.75. The minimum atomic E-state index is 0.787. The fraction of sp³-hybridized carbons (Fsp3) is 0. The van der Waals surface area contributed by atoms with Crippen molar-refractivity contribution in [2.24, 2.45) is 0 Å². The molecular formula is C8H5BrN2. The molecule has 0 bridgehead atoms. The Balaban J connectivity index is 2.84. The second-order valence-corrected chi connectivity index (χ2v) is 2.78. The van der Waals surface area contributed by atoms with Crippen molar-refractivity contribution in [2.75, 3.05) is 0 Å². The molecule has 0 N–H and O–H groups in total. The molecule has 11 heavy (non-hydrogen) atoms. The van der Waals surface area contributed by atoms with Crippen molar-refractivity contribution in [3.8, 4) is 6.07 Å². The predicted molar refractivity (Wildman–Crippen MR) is 46.6 cm³/mol. The number of pyridine rings is 1. The number of nitriles is 1. The molecule has 1 rings (SSSR count). The Morgan fingerprint density at radius 3 is 2.91 bits per heavy atom. The summed E-state index contributed by atoms with van der Waals surface area (Å²) >= 11 is 3.26. The van der Waals surface area contributed by atoms with Gasteiger partial charge in [0.15, 0.2) is 0 Å². The molecule has 1 aromatic rings. The normalized spacial score (nSPS) is 9.82. The van der Waals surface area contributed by atoms with Crippen molar-refractivity contribution in [1.29, 1.82) is 5.26 Å². The van der Waals surface area contributed by atoms with Crippen molar-refractivity contribution < 1.29 is 0 Å². The van der Waals surface area contributed by atoms with Crippen LogP contribution in [-0.4, -0.2) is 4.98 Å². The Bertz CT molecular complexity index is 295. The van der Waals surface area contributed by atoms with Crippen LogP contribution in [0.4, 0.5) is 0 Å². The zero-order valence-corrected chi connectivity index (χ0v) is 7.25. The van der Waals surface area contributed by atoms with Gasteiger partial charge in [-0.25, -0.2) is 0 Å². The molecule has 0 aliphatic heterocycles. The van der Waals surface area contributed by atoms with Crippen molar-refractivity contribution in [2.45, 2.75) is 0 Å². The SMILES string of the molecule is N#CC=Cc1ccc(Br)cn1. The molecule has 54 valence electrons. The van der Waals surface area contributed by atoms with Crippen LogP contribution in [0.2, 0.25) is 0 Å². The summed E-state index contributed by atoms with van der Waals surface area (Å²) in [5, 5.41) is 8.21. The molecule has 0 fully saturated rings. The van der Waals surface area contributed by atoms with Crippen LogP contribution >= 0.6 is 15.9 Å². The first-order valence-electron chi connectivity index (χ1n) is 3.00. The van der Waals surface area contributed by atoms with E-state index in [1.165, 1.54) is 6.08 Å². The molecule has 0 saturated heterocycles. The Hall–Kier alpha value is -1.14. The van der Waals surface area contributed by atoms with E-state index in [-0.39, 0.29) is 0 Å². The molecule has 0 spiro atoms. The summed E-state index contributed by atoms with van der Waals surface area (Å²) in [5.41, 5.74) is 0.787. The van der Waals surface area contributed by atoms with Gasteiger partial charge in [0.1, 0.15) is 0 Å². The number of rotatable bonds is 1. The highest BCUT2D eigenvalue weighted by atomic mass is 79.9. The highest BCUT2D eigenvalue weighted by molar-refractivity contribution is 9.10. The molecule has 0 aromatic carbocycles. The van der Waals surface area contributed by atoms with E-state index in [9.17, 15) is 0 Å². The Morgan fingerprint density at radius 2 is 2.36 bits per heavy atom. The van der Waals surface area contributed by atoms with Gasteiger partial charge in [-0.15, -0.1) is 0 Å². The maximum atomic E-state index is 8.21. The summed E-state index contributed by atoms with van der Waals surface area (Å²) in [7, 11) is 0. The zero-order chi connectivity index (χ0) is 8.10. The lowest BCUT2D eigenvalue weighted by Gasteiger charge is -1.89. The predicted octanol–water partition coefficient (Wildman–Crippen LogP) is 2.38. The van der Waals surface area contributed by atoms with Crippen LogP contribution in [0.5, 0.6) is 0 Å². The number of nitrogens with zero attached hydrogens (tertiary/aromatic N) is 2. The van der Waals surface area contributed by atoms with Crippen molar-refractivity contribution in [3.05, 3.63) is 34.6 Å². The average molecular weight is 209 g/mol. The number of hydrogen-bond acceptors (Lipinski definition) is 2. The van der Waals surface area contributed by atoms with Gasteiger partial charge in [0.25, 0.3) is 0 Å². The van der Waals surface area contributed by atoms with Gasteiger partial charge in [-0.05, 0) is 34.1 Å². The first-order chi connectivity index (χ1) is 5.33. The van der Waals surface area contributed by atoms with Gasteiger partial charge < -0.3 is 0 Å². The molecule has 0 amide bonds. The molecule has 0 radical (unpaired) electrons. The second kappa shape index (κ2) is 3.89. The van der Waals surface area contributed by atoms with Crippen molar-refractivity contribution >= 4 is 22.0 Å². The summed E-state index contributed by atoms with van der Waals surface area (Å²) in [6.45, 7) is 0. The fourth-order valence-corrected chi connectivity index (χ4v) is 0.843. The maximum Gasteiger partial charge on any atom is 0.0912 e. The van der Waals surface area contributed by atoms with E-state index in [1.54, 1.807) is 12.3 Å². The van der Waals surface area contributed by atoms with Gasteiger partial charge in [-0.2, -0.15) is 5.26 Å². The van der Waals surface area contributed by atoms with Crippen LogP contribution in [0.25, 0.3) is 6.08 Å². The Labute approximate surface area is 73.3 Å². The lowest BCUT2D eigenvalue weighted by Crippen LogP contribution is -1.77. The van der Waals surface area contributed by atoms with Crippen LogP contribution in [0.3, 0.4) is 0 Å².